The zero-order chi connectivity index (χ0) is 12.0. The van der Waals surface area contributed by atoms with Crippen molar-refractivity contribution in [1.82, 2.24) is 25.1 Å². The molecule has 88 valence electrons. The van der Waals surface area contributed by atoms with Crippen molar-refractivity contribution in [2.45, 2.75) is 12.3 Å². The van der Waals surface area contributed by atoms with Gasteiger partial charge in [0.2, 0.25) is 6.41 Å². The van der Waals surface area contributed by atoms with Gasteiger partial charge < -0.3 is 14.7 Å². The number of likely N-dealkylation sites (N-methyl/N-ethyl adjacent to an activating group) is 3. The topological polar surface area (TPSA) is 59.1 Å². The van der Waals surface area contributed by atoms with Crippen molar-refractivity contribution < 1.29 is 9.59 Å². The lowest BCUT2D eigenvalue weighted by Crippen LogP contribution is -2.51. The van der Waals surface area contributed by atoms with Crippen molar-refractivity contribution in [3.05, 3.63) is 0 Å². The van der Waals surface area contributed by atoms with E-state index in [-0.39, 0.29) is 18.4 Å². The van der Waals surface area contributed by atoms with E-state index in [0.29, 0.717) is 11.5 Å². The molecule has 2 heterocycles. The lowest BCUT2D eigenvalue weighted by Gasteiger charge is -2.26. The molecule has 7 nitrogen and oxygen atoms in total. The molecule has 0 saturated carbocycles. The number of urea groups is 1. The number of hydrogen-bond acceptors (Lipinski definition) is 3. The Hall–Kier alpha value is -1.57. The van der Waals surface area contributed by atoms with Gasteiger partial charge >= 0.3 is 6.03 Å². The fourth-order valence-electron chi connectivity index (χ4n) is 2.23. The number of rotatable bonds is 2. The monoisotopic (exact) mass is 243 g/mol. The zero-order valence-corrected chi connectivity index (χ0v) is 10.1. The SMILES string of the molecule is CN1C(=O)N(C)C2C1N(C)C(=S)N2NC=O. The van der Waals surface area contributed by atoms with Crippen LogP contribution >= 0.6 is 12.2 Å². The van der Waals surface area contributed by atoms with E-state index in [9.17, 15) is 9.59 Å². The molecule has 2 saturated heterocycles. The van der Waals surface area contributed by atoms with Crippen LogP contribution in [0.15, 0.2) is 0 Å². The summed E-state index contributed by atoms with van der Waals surface area (Å²) in [6, 6.07) is -0.0953. The molecule has 2 aliphatic rings. The van der Waals surface area contributed by atoms with Crippen LogP contribution in [0.25, 0.3) is 0 Å². The van der Waals surface area contributed by atoms with Crippen LogP contribution in [0.2, 0.25) is 0 Å². The van der Waals surface area contributed by atoms with E-state index in [1.54, 1.807) is 35.8 Å². The summed E-state index contributed by atoms with van der Waals surface area (Å²) in [5, 5.41) is 2.02. The number of nitrogens with one attached hydrogen (secondary N) is 1. The minimum atomic E-state index is -0.278. The number of fused-ring (bicyclic) bond motifs is 1. The molecule has 0 spiro atoms. The fourth-order valence-corrected chi connectivity index (χ4v) is 2.49. The third-order valence-electron chi connectivity index (χ3n) is 3.02. The number of carbonyl (C=O) groups excluding carboxylic acids is 2. The van der Waals surface area contributed by atoms with E-state index in [4.69, 9.17) is 12.2 Å². The highest BCUT2D eigenvalue weighted by Crippen LogP contribution is 2.30. The summed E-state index contributed by atoms with van der Waals surface area (Å²) < 4.78 is 0. The summed E-state index contributed by atoms with van der Waals surface area (Å²) in [6.45, 7) is 0. The molecule has 0 aromatic rings. The predicted molar refractivity (Wildman–Crippen MR) is 59.9 cm³/mol. The maximum Gasteiger partial charge on any atom is 0.323 e. The Morgan fingerprint density at radius 3 is 2.31 bits per heavy atom. The Balaban J connectivity index is 2.36. The summed E-state index contributed by atoms with van der Waals surface area (Å²) in [7, 11) is 5.20. The molecule has 0 aliphatic carbocycles. The van der Waals surface area contributed by atoms with Crippen molar-refractivity contribution in [3.63, 3.8) is 0 Å². The molecule has 0 radical (unpaired) electrons. The summed E-state index contributed by atoms with van der Waals surface area (Å²) in [4.78, 5) is 27.2. The van der Waals surface area contributed by atoms with Crippen molar-refractivity contribution in [2.75, 3.05) is 21.1 Å². The molecule has 2 atom stereocenters. The number of amides is 3. The number of nitrogens with zero attached hydrogens (tertiary/aromatic N) is 4. The maximum atomic E-state index is 11.8. The smallest absolute Gasteiger partial charge is 0.323 e. The third kappa shape index (κ3) is 1.16. The first-order valence-electron chi connectivity index (χ1n) is 4.76. The van der Waals surface area contributed by atoms with Gasteiger partial charge in [0.15, 0.2) is 11.3 Å². The van der Waals surface area contributed by atoms with Gasteiger partial charge in [-0.25, -0.2) is 9.80 Å². The van der Waals surface area contributed by atoms with Gasteiger partial charge in [0.1, 0.15) is 6.17 Å². The highest BCUT2D eigenvalue weighted by molar-refractivity contribution is 7.80. The van der Waals surface area contributed by atoms with Crippen LogP contribution in [0.1, 0.15) is 0 Å². The van der Waals surface area contributed by atoms with Gasteiger partial charge in [0.25, 0.3) is 0 Å². The standard InChI is InChI=1S/C8H13N5O2S/c1-10-5-6(11(2)7(10)15)13(9-4-14)8(16)12(5)3/h4-6H,1-3H3,(H,9,14). The zero-order valence-electron chi connectivity index (χ0n) is 9.25. The highest BCUT2D eigenvalue weighted by Gasteiger charge is 2.54. The van der Waals surface area contributed by atoms with Crippen LogP contribution in [-0.2, 0) is 4.79 Å². The molecule has 2 rings (SSSR count). The van der Waals surface area contributed by atoms with Crippen molar-refractivity contribution >= 4 is 29.8 Å². The number of hydrogen-bond donors (Lipinski definition) is 1. The van der Waals surface area contributed by atoms with E-state index in [1.807, 2.05) is 0 Å². The van der Waals surface area contributed by atoms with Crippen LogP contribution in [0.5, 0.6) is 0 Å². The van der Waals surface area contributed by atoms with Gasteiger partial charge in [-0.3, -0.25) is 10.2 Å². The van der Waals surface area contributed by atoms with Gasteiger partial charge in [0.05, 0.1) is 0 Å². The van der Waals surface area contributed by atoms with E-state index in [1.165, 1.54) is 5.01 Å². The molecule has 1 N–H and O–H groups in total. The molecule has 16 heavy (non-hydrogen) atoms. The Kier molecular flexibility index (Phi) is 2.38. The van der Waals surface area contributed by atoms with E-state index < -0.39 is 0 Å². The van der Waals surface area contributed by atoms with Crippen LogP contribution in [0, 0.1) is 0 Å². The number of carbonyl (C=O) groups is 2. The van der Waals surface area contributed by atoms with Crippen molar-refractivity contribution in [2.24, 2.45) is 0 Å². The second-order valence-electron chi connectivity index (χ2n) is 3.84. The molecular weight excluding hydrogens is 230 g/mol. The Labute approximate surface area is 98.5 Å². The average molecular weight is 243 g/mol. The fraction of sp³-hybridized carbons (Fsp3) is 0.625. The summed E-state index contributed by atoms with van der Waals surface area (Å²) in [5.74, 6) is 0. The number of hydrazine groups is 1. The third-order valence-corrected chi connectivity index (χ3v) is 3.51. The van der Waals surface area contributed by atoms with E-state index in [0.717, 1.165) is 0 Å². The van der Waals surface area contributed by atoms with Gasteiger partial charge in [-0.05, 0) is 12.2 Å². The second kappa shape index (κ2) is 3.48. The van der Waals surface area contributed by atoms with Crippen LogP contribution in [0.4, 0.5) is 4.79 Å². The van der Waals surface area contributed by atoms with Gasteiger partial charge in [-0.1, -0.05) is 0 Å². The maximum absolute atomic E-state index is 11.8. The highest BCUT2D eigenvalue weighted by atomic mass is 32.1. The molecule has 2 unspecified atom stereocenters. The molecule has 3 amide bonds. The quantitative estimate of drug-likeness (QED) is 0.489. The first kappa shape index (κ1) is 10.9. The Morgan fingerprint density at radius 1 is 1.19 bits per heavy atom. The van der Waals surface area contributed by atoms with E-state index in [2.05, 4.69) is 5.43 Å². The average Bonchev–Trinajstić information content (AvgIpc) is 2.62. The lowest BCUT2D eigenvalue weighted by atomic mass is 10.4. The summed E-state index contributed by atoms with van der Waals surface area (Å²) >= 11 is 5.19. The molecular formula is C8H13N5O2S. The molecule has 0 aromatic heterocycles. The Morgan fingerprint density at radius 2 is 1.75 bits per heavy atom. The van der Waals surface area contributed by atoms with Crippen LogP contribution in [0.3, 0.4) is 0 Å². The lowest BCUT2D eigenvalue weighted by molar-refractivity contribution is -0.113. The predicted octanol–water partition coefficient (Wildman–Crippen LogP) is -1.17. The summed E-state index contributed by atoms with van der Waals surface area (Å²) in [5.41, 5.74) is 2.52. The molecule has 8 heteroatoms. The first-order valence-corrected chi connectivity index (χ1v) is 5.17. The molecule has 2 fully saturated rings. The van der Waals surface area contributed by atoms with Gasteiger partial charge in [0, 0.05) is 21.1 Å². The van der Waals surface area contributed by atoms with Crippen LogP contribution < -0.4 is 5.43 Å². The van der Waals surface area contributed by atoms with Crippen molar-refractivity contribution in [3.8, 4) is 0 Å². The molecule has 2 aliphatic heterocycles. The largest absolute Gasteiger partial charge is 0.326 e. The van der Waals surface area contributed by atoms with E-state index >= 15 is 0 Å². The summed E-state index contributed by atoms with van der Waals surface area (Å²) in [6.07, 6.45) is 0.108. The molecule has 0 aromatic carbocycles. The molecule has 0 bridgehead atoms. The minimum Gasteiger partial charge on any atom is -0.326 e. The van der Waals surface area contributed by atoms with Crippen LogP contribution in [-0.4, -0.2) is 70.7 Å². The van der Waals surface area contributed by atoms with Gasteiger partial charge in [-0.15, -0.1) is 0 Å². The van der Waals surface area contributed by atoms with Gasteiger partial charge in [-0.2, -0.15) is 0 Å². The first-order chi connectivity index (χ1) is 7.50. The normalized spacial score (nSPS) is 28.9. The minimum absolute atomic E-state index is 0.0953. The van der Waals surface area contributed by atoms with Crippen molar-refractivity contribution in [1.29, 1.82) is 0 Å². The number of thiocarbonyl (C=S) groups is 1. The Bertz CT molecular complexity index is 362. The second-order valence-corrected chi connectivity index (χ2v) is 4.21.